The summed E-state index contributed by atoms with van der Waals surface area (Å²) < 4.78 is 27.4. The molecule has 1 amide bonds. The van der Waals surface area contributed by atoms with Gasteiger partial charge in [-0.15, -0.1) is 0 Å². The van der Waals surface area contributed by atoms with Gasteiger partial charge < -0.3 is 15.7 Å². The molecule has 0 saturated heterocycles. The van der Waals surface area contributed by atoms with Crippen molar-refractivity contribution >= 4 is 11.7 Å². The van der Waals surface area contributed by atoms with Crippen molar-refractivity contribution in [1.82, 2.24) is 10.6 Å². The monoisotopic (exact) mass is 486 g/mol. The first kappa shape index (κ1) is 27.0. The summed E-state index contributed by atoms with van der Waals surface area (Å²) in [4.78, 5) is 24.8. The lowest BCUT2D eigenvalue weighted by Crippen LogP contribution is -2.48. The molecule has 1 aliphatic carbocycles. The predicted octanol–water partition coefficient (Wildman–Crippen LogP) is 4.24. The fourth-order valence-electron chi connectivity index (χ4n) is 4.68. The molecule has 0 aliphatic heterocycles. The zero-order chi connectivity index (χ0) is 25.2. The molecule has 0 bridgehead atoms. The standard InChI is InChI=1S/C28H36F2N2O3/c1-2-19-6-5-7-20(12-19)17-31-18-27(34)25(15-21-13-23(29)16-24(30)14-21)32-28(35)11-10-22-8-3-4-9-26(22)33/h5-7,12-14,16,22,25,27,31,34H,2-4,8-11,15,17-18H2,1H3,(H,32,35)/t22?,25-,27+/m0/s1. The highest BCUT2D eigenvalue weighted by Crippen LogP contribution is 2.24. The first-order chi connectivity index (χ1) is 16.8. The Hall–Kier alpha value is -2.64. The largest absolute Gasteiger partial charge is 0.390 e. The van der Waals surface area contributed by atoms with Crippen LogP contribution < -0.4 is 10.6 Å². The van der Waals surface area contributed by atoms with E-state index in [1.165, 1.54) is 17.7 Å². The molecule has 3 rings (SSSR count). The number of aliphatic hydroxyl groups is 1. The summed E-state index contributed by atoms with van der Waals surface area (Å²) in [6, 6.07) is 10.6. The third kappa shape index (κ3) is 8.82. The van der Waals surface area contributed by atoms with E-state index in [4.69, 9.17) is 0 Å². The summed E-state index contributed by atoms with van der Waals surface area (Å²) in [6.07, 6.45) is 3.99. The van der Waals surface area contributed by atoms with Crippen LogP contribution in [0, 0.1) is 17.6 Å². The number of Topliss-reactive ketones (excluding diaryl/α,β-unsaturated/α-hetero) is 1. The van der Waals surface area contributed by atoms with Crippen LogP contribution in [-0.2, 0) is 29.0 Å². The molecule has 1 aliphatic rings. The molecule has 0 radical (unpaired) electrons. The second-order valence-corrected chi connectivity index (χ2v) is 9.48. The molecule has 3 atom stereocenters. The number of carbonyl (C=O) groups is 2. The topological polar surface area (TPSA) is 78.4 Å². The van der Waals surface area contributed by atoms with Crippen molar-refractivity contribution in [3.8, 4) is 0 Å². The Morgan fingerprint density at radius 2 is 1.83 bits per heavy atom. The van der Waals surface area contributed by atoms with Crippen LogP contribution in [0.4, 0.5) is 8.78 Å². The van der Waals surface area contributed by atoms with Gasteiger partial charge in [0.25, 0.3) is 0 Å². The highest BCUT2D eigenvalue weighted by molar-refractivity contribution is 5.83. The van der Waals surface area contributed by atoms with Crippen LogP contribution in [-0.4, -0.2) is 35.5 Å². The second-order valence-electron chi connectivity index (χ2n) is 9.48. The van der Waals surface area contributed by atoms with E-state index in [9.17, 15) is 23.5 Å². The molecule has 0 aromatic heterocycles. The number of aliphatic hydroxyl groups excluding tert-OH is 1. The van der Waals surface area contributed by atoms with Gasteiger partial charge in [-0.25, -0.2) is 8.78 Å². The second kappa shape index (κ2) is 13.4. The average Bonchev–Trinajstić information content (AvgIpc) is 2.82. The van der Waals surface area contributed by atoms with Gasteiger partial charge in [0.15, 0.2) is 0 Å². The summed E-state index contributed by atoms with van der Waals surface area (Å²) in [5, 5.41) is 16.9. The Labute approximate surface area is 206 Å². The number of amides is 1. The number of hydrogen-bond donors (Lipinski definition) is 3. The van der Waals surface area contributed by atoms with Crippen molar-refractivity contribution in [3.05, 3.63) is 70.8 Å². The van der Waals surface area contributed by atoms with Gasteiger partial charge >= 0.3 is 0 Å². The van der Waals surface area contributed by atoms with Gasteiger partial charge in [-0.1, -0.05) is 37.6 Å². The van der Waals surface area contributed by atoms with E-state index in [0.29, 0.717) is 24.9 Å². The van der Waals surface area contributed by atoms with Crippen LogP contribution in [0.2, 0.25) is 0 Å². The number of carbonyl (C=O) groups excluding carboxylic acids is 2. The first-order valence-corrected chi connectivity index (χ1v) is 12.6. The fourth-order valence-corrected chi connectivity index (χ4v) is 4.68. The molecule has 2 aromatic carbocycles. The number of rotatable bonds is 12. The summed E-state index contributed by atoms with van der Waals surface area (Å²) in [5.41, 5.74) is 2.66. The molecule has 1 fully saturated rings. The Morgan fingerprint density at radius 3 is 2.54 bits per heavy atom. The first-order valence-electron chi connectivity index (χ1n) is 12.6. The minimum Gasteiger partial charge on any atom is -0.390 e. The van der Waals surface area contributed by atoms with Crippen molar-refractivity contribution in [3.63, 3.8) is 0 Å². The maximum absolute atomic E-state index is 13.7. The zero-order valence-corrected chi connectivity index (χ0v) is 20.4. The van der Waals surface area contributed by atoms with E-state index in [0.717, 1.165) is 37.3 Å². The maximum atomic E-state index is 13.7. The molecule has 0 heterocycles. The molecule has 190 valence electrons. The lowest BCUT2D eigenvalue weighted by atomic mass is 9.85. The number of halogens is 2. The van der Waals surface area contributed by atoms with Gasteiger partial charge in [0, 0.05) is 37.9 Å². The van der Waals surface area contributed by atoms with Crippen LogP contribution in [0.5, 0.6) is 0 Å². The van der Waals surface area contributed by atoms with Crippen molar-refractivity contribution in [1.29, 1.82) is 0 Å². The van der Waals surface area contributed by atoms with Gasteiger partial charge in [-0.2, -0.15) is 0 Å². The van der Waals surface area contributed by atoms with Gasteiger partial charge in [0.1, 0.15) is 17.4 Å². The normalized spacial score (nSPS) is 17.7. The van der Waals surface area contributed by atoms with Crippen LogP contribution in [0.3, 0.4) is 0 Å². The molecule has 35 heavy (non-hydrogen) atoms. The molecule has 3 N–H and O–H groups in total. The fraction of sp³-hybridized carbons (Fsp3) is 0.500. The molecule has 5 nitrogen and oxygen atoms in total. The van der Waals surface area contributed by atoms with E-state index < -0.39 is 23.8 Å². The average molecular weight is 487 g/mol. The Bertz CT molecular complexity index is 978. The Balaban J connectivity index is 1.60. The maximum Gasteiger partial charge on any atom is 0.220 e. The van der Waals surface area contributed by atoms with Crippen molar-refractivity contribution in [2.24, 2.45) is 5.92 Å². The van der Waals surface area contributed by atoms with Gasteiger partial charge in [-0.3, -0.25) is 9.59 Å². The third-order valence-electron chi connectivity index (χ3n) is 6.67. The SMILES string of the molecule is CCc1cccc(CNC[C@@H](O)[C@H](Cc2cc(F)cc(F)c2)NC(=O)CCC2CCCCC2=O)c1. The van der Waals surface area contributed by atoms with Gasteiger partial charge in [0.05, 0.1) is 12.1 Å². The number of aryl methyl sites for hydroxylation is 1. The summed E-state index contributed by atoms with van der Waals surface area (Å²) in [6.45, 7) is 2.83. The molecular formula is C28H36F2N2O3. The van der Waals surface area contributed by atoms with Crippen molar-refractivity contribution < 1.29 is 23.5 Å². The molecule has 2 aromatic rings. The Kier molecular flexibility index (Phi) is 10.4. The lowest BCUT2D eigenvalue weighted by molar-refractivity contribution is -0.126. The summed E-state index contributed by atoms with van der Waals surface area (Å²) >= 11 is 0. The number of nitrogens with one attached hydrogen (secondary N) is 2. The number of hydrogen-bond acceptors (Lipinski definition) is 4. The van der Waals surface area contributed by atoms with Gasteiger partial charge in [0.2, 0.25) is 5.91 Å². The quantitative estimate of drug-likeness (QED) is 0.419. The smallest absolute Gasteiger partial charge is 0.220 e. The van der Waals surface area contributed by atoms with Crippen molar-refractivity contribution in [2.75, 3.05) is 6.54 Å². The van der Waals surface area contributed by atoms with E-state index in [1.54, 1.807) is 0 Å². The summed E-state index contributed by atoms with van der Waals surface area (Å²) in [7, 11) is 0. The van der Waals surface area contributed by atoms with E-state index >= 15 is 0 Å². The van der Waals surface area contributed by atoms with E-state index in [-0.39, 0.29) is 37.0 Å². The highest BCUT2D eigenvalue weighted by Gasteiger charge is 2.25. The van der Waals surface area contributed by atoms with Crippen LogP contribution in [0.15, 0.2) is 42.5 Å². The third-order valence-corrected chi connectivity index (χ3v) is 6.67. The molecule has 7 heteroatoms. The van der Waals surface area contributed by atoms with Gasteiger partial charge in [-0.05, 0) is 60.9 Å². The van der Waals surface area contributed by atoms with Crippen LogP contribution >= 0.6 is 0 Å². The van der Waals surface area contributed by atoms with Crippen molar-refractivity contribution in [2.45, 2.75) is 77.0 Å². The molecule has 0 spiro atoms. The number of benzene rings is 2. The van der Waals surface area contributed by atoms with Crippen LogP contribution in [0.1, 0.15) is 62.1 Å². The number of ketones is 1. The minimum absolute atomic E-state index is 0.0803. The molecular weight excluding hydrogens is 450 g/mol. The molecule has 1 unspecified atom stereocenters. The predicted molar refractivity (Wildman–Crippen MR) is 132 cm³/mol. The Morgan fingerprint density at radius 1 is 1.09 bits per heavy atom. The summed E-state index contributed by atoms with van der Waals surface area (Å²) in [5.74, 6) is -1.56. The highest BCUT2D eigenvalue weighted by atomic mass is 19.1. The van der Waals surface area contributed by atoms with E-state index in [2.05, 4.69) is 29.7 Å². The van der Waals surface area contributed by atoms with Crippen LogP contribution in [0.25, 0.3) is 0 Å². The lowest BCUT2D eigenvalue weighted by Gasteiger charge is -2.26. The molecule has 1 saturated carbocycles. The zero-order valence-electron chi connectivity index (χ0n) is 20.4. The van der Waals surface area contributed by atoms with E-state index in [1.807, 2.05) is 12.1 Å². The minimum atomic E-state index is -0.976.